The Morgan fingerprint density at radius 3 is 1.86 bits per heavy atom. The van der Waals surface area contributed by atoms with Crippen molar-refractivity contribution in [3.63, 3.8) is 0 Å². The Hall–Kier alpha value is -0.520. The molecule has 2 rings (SSSR count). The number of benzene rings is 2. The van der Waals surface area contributed by atoms with E-state index >= 15 is 0 Å². The minimum absolute atomic E-state index is 0.838. The van der Waals surface area contributed by atoms with Gasteiger partial charge < -0.3 is 9.47 Å². The largest absolute Gasteiger partial charge is 0.497 e. The molecule has 0 saturated heterocycles. The number of halogens is 3. The molecule has 5 heteroatoms. The van der Waals surface area contributed by atoms with Crippen molar-refractivity contribution >= 4 is 47.8 Å². The van der Waals surface area contributed by atoms with Gasteiger partial charge in [0.05, 0.1) is 14.2 Å². The third-order valence-corrected chi connectivity index (χ3v) is 5.03. The van der Waals surface area contributed by atoms with Gasteiger partial charge in [-0.15, -0.1) is 0 Å². The Kier molecular flexibility index (Phi) is 8.37. The van der Waals surface area contributed by atoms with Crippen molar-refractivity contribution in [3.05, 3.63) is 56.5 Å². The fourth-order valence-electron chi connectivity index (χ4n) is 1.52. The molecule has 0 spiro atoms. The van der Waals surface area contributed by atoms with Gasteiger partial charge in [-0.05, 0) is 54.4 Å². The zero-order chi connectivity index (χ0) is 15.8. The summed E-state index contributed by atoms with van der Waals surface area (Å²) < 4.78 is 12.3. The van der Waals surface area contributed by atoms with Gasteiger partial charge in [-0.2, -0.15) is 0 Å². The van der Waals surface area contributed by atoms with Gasteiger partial charge in [-0.25, -0.2) is 0 Å². The monoisotopic (exact) mass is 478 g/mol. The van der Waals surface area contributed by atoms with Crippen LogP contribution in [-0.4, -0.2) is 14.2 Å². The van der Waals surface area contributed by atoms with E-state index in [0.29, 0.717) is 0 Å². The number of rotatable bonds is 3. The summed E-state index contributed by atoms with van der Waals surface area (Å²) in [5.74, 6) is 1.79. The number of ether oxygens (including phenoxy) is 2. The maximum absolute atomic E-state index is 5.07. The highest BCUT2D eigenvalue weighted by molar-refractivity contribution is 9.11. The van der Waals surface area contributed by atoms with Crippen molar-refractivity contribution < 1.29 is 9.47 Å². The lowest BCUT2D eigenvalue weighted by Crippen LogP contribution is -1.85. The molecule has 0 aromatic heterocycles. The molecule has 21 heavy (non-hydrogen) atoms. The molecule has 0 atom stereocenters. The van der Waals surface area contributed by atoms with E-state index in [0.717, 1.165) is 25.8 Å². The highest BCUT2D eigenvalue weighted by Crippen LogP contribution is 2.24. The summed E-state index contributed by atoms with van der Waals surface area (Å²) in [6, 6.07) is 11.8. The molecule has 0 amide bonds. The number of aryl methyl sites for hydroxylation is 1. The fourth-order valence-corrected chi connectivity index (χ4v) is 3.00. The highest BCUT2D eigenvalue weighted by atomic mass is 79.9. The molecule has 114 valence electrons. The van der Waals surface area contributed by atoms with Crippen molar-refractivity contribution in [2.45, 2.75) is 12.3 Å². The first kappa shape index (κ1) is 18.5. The molecule has 0 saturated carbocycles. The Labute approximate surface area is 151 Å². The molecule has 0 bridgehead atoms. The van der Waals surface area contributed by atoms with Crippen molar-refractivity contribution in [2.75, 3.05) is 14.2 Å². The summed E-state index contributed by atoms with van der Waals surface area (Å²) in [4.78, 5) is 0. The van der Waals surface area contributed by atoms with Crippen LogP contribution in [-0.2, 0) is 5.33 Å². The molecule has 0 aliphatic rings. The Bertz CT molecular complexity index is 586. The zero-order valence-corrected chi connectivity index (χ0v) is 16.9. The second kappa shape index (κ2) is 9.49. The summed E-state index contributed by atoms with van der Waals surface area (Å²) in [5, 5.41) is 0.838. The SMILES string of the molecule is COc1ccc(Br)c(C)c1.COc1ccc(Br)c(CBr)c1. The normalized spacial score (nSPS) is 9.62. The van der Waals surface area contributed by atoms with E-state index in [4.69, 9.17) is 9.47 Å². The van der Waals surface area contributed by atoms with E-state index in [1.54, 1.807) is 14.2 Å². The summed E-state index contributed by atoms with van der Waals surface area (Å²) in [6.07, 6.45) is 0. The predicted octanol–water partition coefficient (Wildman–Crippen LogP) is 6.12. The molecule has 2 nitrogen and oxygen atoms in total. The minimum Gasteiger partial charge on any atom is -0.497 e. The first-order chi connectivity index (χ1) is 10.0. The predicted molar refractivity (Wildman–Crippen MR) is 98.8 cm³/mol. The standard InChI is InChI=1S/C8H8Br2O.C8H9BrO/c1-11-7-2-3-8(10)6(4-7)5-9;1-6-5-7(10-2)3-4-8(6)9/h2-4H,5H2,1H3;3-5H,1-2H3. The fraction of sp³-hybridized carbons (Fsp3) is 0.250. The average molecular weight is 481 g/mol. The maximum atomic E-state index is 5.07. The van der Waals surface area contributed by atoms with Crippen molar-refractivity contribution in [2.24, 2.45) is 0 Å². The molecule has 2 aromatic rings. The third-order valence-electron chi connectivity index (χ3n) is 2.76. The first-order valence-electron chi connectivity index (χ1n) is 6.20. The van der Waals surface area contributed by atoms with Gasteiger partial charge in [0.25, 0.3) is 0 Å². The maximum Gasteiger partial charge on any atom is 0.119 e. The first-order valence-corrected chi connectivity index (χ1v) is 8.91. The van der Waals surface area contributed by atoms with E-state index in [-0.39, 0.29) is 0 Å². The van der Waals surface area contributed by atoms with Crippen molar-refractivity contribution in [1.29, 1.82) is 0 Å². The number of hydrogen-bond donors (Lipinski definition) is 0. The van der Waals surface area contributed by atoms with Crippen LogP contribution in [0.15, 0.2) is 45.3 Å². The molecule has 0 N–H and O–H groups in total. The van der Waals surface area contributed by atoms with Crippen LogP contribution in [0.25, 0.3) is 0 Å². The summed E-state index contributed by atoms with van der Waals surface area (Å²) in [6.45, 7) is 2.03. The molecular formula is C16H17Br3O2. The van der Waals surface area contributed by atoms with Gasteiger partial charge in [0.1, 0.15) is 11.5 Å². The van der Waals surface area contributed by atoms with Gasteiger partial charge >= 0.3 is 0 Å². The summed E-state index contributed by atoms with van der Waals surface area (Å²) >= 11 is 10.2. The Morgan fingerprint density at radius 2 is 1.38 bits per heavy atom. The van der Waals surface area contributed by atoms with E-state index in [2.05, 4.69) is 47.8 Å². The van der Waals surface area contributed by atoms with E-state index in [1.807, 2.05) is 43.3 Å². The average Bonchev–Trinajstić information content (AvgIpc) is 2.51. The lowest BCUT2D eigenvalue weighted by Gasteiger charge is -2.03. The smallest absolute Gasteiger partial charge is 0.119 e. The van der Waals surface area contributed by atoms with Crippen molar-refractivity contribution in [1.82, 2.24) is 0 Å². The van der Waals surface area contributed by atoms with Crippen LogP contribution in [0.3, 0.4) is 0 Å². The zero-order valence-electron chi connectivity index (χ0n) is 12.1. The summed E-state index contributed by atoms with van der Waals surface area (Å²) in [7, 11) is 3.34. The van der Waals surface area contributed by atoms with E-state index < -0.39 is 0 Å². The highest BCUT2D eigenvalue weighted by Gasteiger charge is 1.99. The number of alkyl halides is 1. The van der Waals surface area contributed by atoms with E-state index in [1.165, 1.54) is 11.1 Å². The second-order valence-corrected chi connectivity index (χ2v) is 6.48. The number of methoxy groups -OCH3 is 2. The van der Waals surface area contributed by atoms with Crippen LogP contribution in [0.2, 0.25) is 0 Å². The van der Waals surface area contributed by atoms with Gasteiger partial charge in [-0.1, -0.05) is 47.8 Å². The van der Waals surface area contributed by atoms with Crippen LogP contribution >= 0.6 is 47.8 Å². The van der Waals surface area contributed by atoms with Crippen LogP contribution in [0.1, 0.15) is 11.1 Å². The lowest BCUT2D eigenvalue weighted by atomic mass is 10.2. The molecule has 0 radical (unpaired) electrons. The number of hydrogen-bond acceptors (Lipinski definition) is 2. The molecule has 0 aliphatic heterocycles. The molecule has 0 aliphatic carbocycles. The molecule has 0 heterocycles. The molecule has 0 fully saturated rings. The second-order valence-electron chi connectivity index (χ2n) is 4.21. The lowest BCUT2D eigenvalue weighted by molar-refractivity contribution is 0.414. The van der Waals surface area contributed by atoms with Crippen LogP contribution in [0.5, 0.6) is 11.5 Å². The quantitative estimate of drug-likeness (QED) is 0.493. The Morgan fingerprint density at radius 1 is 0.857 bits per heavy atom. The molecular weight excluding hydrogens is 464 g/mol. The summed E-state index contributed by atoms with van der Waals surface area (Å²) in [5.41, 5.74) is 2.39. The molecule has 0 unspecified atom stereocenters. The van der Waals surface area contributed by atoms with Gasteiger partial charge in [0.2, 0.25) is 0 Å². The van der Waals surface area contributed by atoms with Crippen LogP contribution < -0.4 is 9.47 Å². The topological polar surface area (TPSA) is 18.5 Å². The van der Waals surface area contributed by atoms with Crippen LogP contribution in [0.4, 0.5) is 0 Å². The van der Waals surface area contributed by atoms with Gasteiger partial charge in [0.15, 0.2) is 0 Å². The van der Waals surface area contributed by atoms with Gasteiger partial charge in [0, 0.05) is 14.3 Å². The molecule has 2 aromatic carbocycles. The Balaban J connectivity index is 0.000000211. The van der Waals surface area contributed by atoms with Crippen molar-refractivity contribution in [3.8, 4) is 11.5 Å². The third kappa shape index (κ3) is 6.01. The van der Waals surface area contributed by atoms with E-state index in [9.17, 15) is 0 Å². The van der Waals surface area contributed by atoms with Crippen LogP contribution in [0, 0.1) is 6.92 Å². The minimum atomic E-state index is 0.838. The van der Waals surface area contributed by atoms with Gasteiger partial charge in [-0.3, -0.25) is 0 Å².